The molecule has 0 aliphatic carbocycles. The molecular formula is C17H17ClN2O4S. The largest absolute Gasteiger partial charge is 0.337 e. The molecule has 1 unspecified atom stereocenters. The number of nitro benzene ring substituents is 1. The molecule has 0 aromatic heterocycles. The van der Waals surface area contributed by atoms with Gasteiger partial charge in [-0.15, -0.1) is 0 Å². The van der Waals surface area contributed by atoms with Gasteiger partial charge in [0, 0.05) is 59.1 Å². The quantitative estimate of drug-likeness (QED) is 0.568. The van der Waals surface area contributed by atoms with Gasteiger partial charge in [-0.25, -0.2) is 0 Å². The van der Waals surface area contributed by atoms with Gasteiger partial charge in [0.05, 0.1) is 4.92 Å². The summed E-state index contributed by atoms with van der Waals surface area (Å²) < 4.78 is 11.3. The van der Waals surface area contributed by atoms with Crippen LogP contribution in [0.15, 0.2) is 42.5 Å². The van der Waals surface area contributed by atoms with E-state index in [-0.39, 0.29) is 18.1 Å². The van der Waals surface area contributed by atoms with E-state index in [0.717, 1.165) is 5.56 Å². The van der Waals surface area contributed by atoms with Gasteiger partial charge in [-0.3, -0.25) is 19.1 Å². The zero-order valence-electron chi connectivity index (χ0n) is 13.8. The fourth-order valence-electron chi connectivity index (χ4n) is 2.37. The molecule has 0 heterocycles. The van der Waals surface area contributed by atoms with Crippen LogP contribution in [0, 0.1) is 10.1 Å². The number of halogens is 1. The lowest BCUT2D eigenvalue weighted by atomic mass is 10.1. The van der Waals surface area contributed by atoms with Crippen LogP contribution in [0.1, 0.15) is 21.5 Å². The lowest BCUT2D eigenvalue weighted by Gasteiger charge is -2.18. The Kier molecular flexibility index (Phi) is 6.27. The number of benzene rings is 2. The molecule has 0 N–H and O–H groups in total. The molecule has 0 saturated carbocycles. The van der Waals surface area contributed by atoms with E-state index in [0.29, 0.717) is 21.9 Å². The van der Waals surface area contributed by atoms with E-state index in [4.69, 9.17) is 11.6 Å². The van der Waals surface area contributed by atoms with Crippen molar-refractivity contribution in [1.82, 2.24) is 4.90 Å². The number of nitro groups is 1. The fourth-order valence-corrected chi connectivity index (χ4v) is 3.20. The summed E-state index contributed by atoms with van der Waals surface area (Å²) in [5, 5.41) is 11.2. The fraction of sp³-hybridized carbons (Fsp3) is 0.235. The van der Waals surface area contributed by atoms with Gasteiger partial charge in [-0.1, -0.05) is 23.7 Å². The number of hydrogen-bond acceptors (Lipinski definition) is 4. The van der Waals surface area contributed by atoms with Gasteiger partial charge in [-0.05, 0) is 29.3 Å². The Bertz CT molecular complexity index is 841. The maximum atomic E-state index is 12.6. The van der Waals surface area contributed by atoms with Crippen molar-refractivity contribution in [1.29, 1.82) is 0 Å². The predicted molar refractivity (Wildman–Crippen MR) is 98.1 cm³/mol. The van der Waals surface area contributed by atoms with Crippen LogP contribution >= 0.6 is 11.6 Å². The van der Waals surface area contributed by atoms with Gasteiger partial charge in [-0.2, -0.15) is 0 Å². The second-order valence-electron chi connectivity index (χ2n) is 5.61. The zero-order chi connectivity index (χ0) is 18.6. The SMILES string of the molecule is CN(Cc1cc([N+](=O)[O-])ccc1Cl)C(=O)c1cccc(CS(C)=O)c1. The first-order chi connectivity index (χ1) is 11.8. The third-order valence-electron chi connectivity index (χ3n) is 3.54. The third-order valence-corrected chi connectivity index (χ3v) is 4.65. The number of amides is 1. The number of non-ortho nitro benzene ring substituents is 1. The van der Waals surface area contributed by atoms with Crippen molar-refractivity contribution >= 4 is 34.0 Å². The highest BCUT2D eigenvalue weighted by molar-refractivity contribution is 7.83. The third kappa shape index (κ3) is 5.11. The van der Waals surface area contributed by atoms with Crippen molar-refractivity contribution in [2.24, 2.45) is 0 Å². The predicted octanol–water partition coefficient (Wildman–Crippen LogP) is 3.40. The molecule has 0 bridgehead atoms. The van der Waals surface area contributed by atoms with Crippen LogP contribution in [0.5, 0.6) is 0 Å². The van der Waals surface area contributed by atoms with Crippen LogP contribution in [-0.4, -0.2) is 33.2 Å². The molecular weight excluding hydrogens is 364 g/mol. The first-order valence-corrected chi connectivity index (χ1v) is 9.45. The monoisotopic (exact) mass is 380 g/mol. The molecule has 0 fully saturated rings. The first kappa shape index (κ1) is 19.1. The van der Waals surface area contributed by atoms with E-state index in [1.54, 1.807) is 31.5 Å². The summed E-state index contributed by atoms with van der Waals surface area (Å²) in [6.07, 6.45) is 1.60. The Hall–Kier alpha value is -2.25. The highest BCUT2D eigenvalue weighted by atomic mass is 35.5. The van der Waals surface area contributed by atoms with Crippen LogP contribution in [0.3, 0.4) is 0 Å². The molecule has 8 heteroatoms. The molecule has 0 radical (unpaired) electrons. The number of carbonyl (C=O) groups excluding carboxylic acids is 1. The van der Waals surface area contributed by atoms with Gasteiger partial charge in [0.25, 0.3) is 11.6 Å². The van der Waals surface area contributed by atoms with Crippen molar-refractivity contribution < 1.29 is 13.9 Å². The molecule has 0 aliphatic heterocycles. The topological polar surface area (TPSA) is 80.5 Å². The van der Waals surface area contributed by atoms with Crippen molar-refractivity contribution in [2.45, 2.75) is 12.3 Å². The first-order valence-electron chi connectivity index (χ1n) is 7.35. The molecule has 2 aromatic carbocycles. The summed E-state index contributed by atoms with van der Waals surface area (Å²) in [7, 11) is 0.603. The Morgan fingerprint density at radius 1 is 1.28 bits per heavy atom. The van der Waals surface area contributed by atoms with Gasteiger partial charge in [0.15, 0.2) is 0 Å². The van der Waals surface area contributed by atoms with E-state index in [1.807, 2.05) is 6.07 Å². The Morgan fingerprint density at radius 2 is 2.00 bits per heavy atom. The van der Waals surface area contributed by atoms with Crippen LogP contribution in [0.4, 0.5) is 5.69 Å². The van der Waals surface area contributed by atoms with Crippen LogP contribution in [0.25, 0.3) is 0 Å². The summed E-state index contributed by atoms with van der Waals surface area (Å²) in [6.45, 7) is 0.142. The Balaban J connectivity index is 2.19. The smallest absolute Gasteiger partial charge is 0.269 e. The van der Waals surface area contributed by atoms with Crippen molar-refractivity contribution in [3.8, 4) is 0 Å². The molecule has 6 nitrogen and oxygen atoms in total. The van der Waals surface area contributed by atoms with Gasteiger partial charge in [0.2, 0.25) is 0 Å². The minimum Gasteiger partial charge on any atom is -0.337 e. The summed E-state index contributed by atoms with van der Waals surface area (Å²) in [4.78, 5) is 24.4. The maximum absolute atomic E-state index is 12.6. The summed E-state index contributed by atoms with van der Waals surface area (Å²) in [5.41, 5.74) is 1.70. The lowest BCUT2D eigenvalue weighted by Crippen LogP contribution is -2.26. The average molecular weight is 381 g/mol. The van der Waals surface area contributed by atoms with E-state index in [1.165, 1.54) is 23.1 Å². The Labute approximate surface area is 153 Å². The van der Waals surface area contributed by atoms with Crippen LogP contribution < -0.4 is 0 Å². The van der Waals surface area contributed by atoms with Gasteiger partial charge < -0.3 is 4.90 Å². The average Bonchev–Trinajstić information content (AvgIpc) is 2.55. The highest BCUT2D eigenvalue weighted by Gasteiger charge is 2.16. The molecule has 2 aromatic rings. The van der Waals surface area contributed by atoms with Crippen molar-refractivity contribution in [2.75, 3.05) is 13.3 Å². The number of carbonyl (C=O) groups is 1. The van der Waals surface area contributed by atoms with E-state index in [2.05, 4.69) is 0 Å². The molecule has 1 atom stereocenters. The maximum Gasteiger partial charge on any atom is 0.269 e. The molecule has 132 valence electrons. The summed E-state index contributed by atoms with van der Waals surface area (Å²) in [6, 6.07) is 11.1. The number of hydrogen-bond donors (Lipinski definition) is 0. The molecule has 0 spiro atoms. The summed E-state index contributed by atoms with van der Waals surface area (Å²) in [5.74, 6) is 0.132. The minimum absolute atomic E-state index is 0.0762. The lowest BCUT2D eigenvalue weighted by molar-refractivity contribution is -0.384. The van der Waals surface area contributed by atoms with Crippen molar-refractivity contribution in [3.05, 3.63) is 74.3 Å². The zero-order valence-corrected chi connectivity index (χ0v) is 15.3. The van der Waals surface area contributed by atoms with Gasteiger partial charge >= 0.3 is 0 Å². The number of rotatable bonds is 6. The van der Waals surface area contributed by atoms with Crippen molar-refractivity contribution in [3.63, 3.8) is 0 Å². The molecule has 25 heavy (non-hydrogen) atoms. The second-order valence-corrected chi connectivity index (χ2v) is 7.45. The van der Waals surface area contributed by atoms with Crippen LogP contribution in [-0.2, 0) is 23.1 Å². The molecule has 0 aliphatic rings. The van der Waals surface area contributed by atoms with E-state index < -0.39 is 15.7 Å². The second kappa shape index (κ2) is 8.22. The van der Waals surface area contributed by atoms with E-state index >= 15 is 0 Å². The van der Waals surface area contributed by atoms with Gasteiger partial charge in [0.1, 0.15) is 0 Å². The van der Waals surface area contributed by atoms with E-state index in [9.17, 15) is 19.1 Å². The standard InChI is InChI=1S/C17H17ClN2O4S/c1-19(10-14-9-15(20(22)23)6-7-16(14)18)17(21)13-5-3-4-12(8-13)11-25(2)24/h3-9H,10-11H2,1-2H3. The highest BCUT2D eigenvalue weighted by Crippen LogP contribution is 2.23. The molecule has 2 rings (SSSR count). The molecule has 0 saturated heterocycles. The molecule has 1 amide bonds. The van der Waals surface area contributed by atoms with Crippen LogP contribution in [0.2, 0.25) is 5.02 Å². The summed E-state index contributed by atoms with van der Waals surface area (Å²) >= 11 is 6.08. The number of nitrogens with zero attached hydrogens (tertiary/aromatic N) is 2. The minimum atomic E-state index is -0.997. The normalized spacial score (nSPS) is 11.8. The Morgan fingerprint density at radius 3 is 2.64 bits per heavy atom.